The van der Waals surface area contributed by atoms with E-state index in [1.54, 1.807) is 19.4 Å². The average Bonchev–Trinajstić information content (AvgIpc) is 3.24. The lowest BCUT2D eigenvalue weighted by molar-refractivity contribution is -0.124. The highest BCUT2D eigenvalue weighted by Crippen LogP contribution is 2.42. The molecular formula is C24H26N2O4S. The van der Waals surface area contributed by atoms with Crippen LogP contribution in [0.25, 0.3) is 0 Å². The predicted molar refractivity (Wildman–Crippen MR) is 122 cm³/mol. The monoisotopic (exact) mass is 438 g/mol. The molecular weight excluding hydrogens is 412 g/mol. The van der Waals surface area contributed by atoms with Crippen LogP contribution in [0, 0.1) is 5.41 Å². The summed E-state index contributed by atoms with van der Waals surface area (Å²) in [5.74, 6) is -0.142. The Hall–Kier alpha value is -3.19. The molecule has 1 aromatic heterocycles. The van der Waals surface area contributed by atoms with Gasteiger partial charge in [0, 0.05) is 11.3 Å². The van der Waals surface area contributed by atoms with Crippen molar-refractivity contribution in [1.29, 1.82) is 0 Å². The number of hydrogen-bond donors (Lipinski definition) is 1. The van der Waals surface area contributed by atoms with Gasteiger partial charge in [0.1, 0.15) is 5.75 Å². The number of nitrogens with one attached hydrogen (secondary N) is 1. The second-order valence-corrected chi connectivity index (χ2v) is 8.41. The van der Waals surface area contributed by atoms with Crippen LogP contribution in [0.5, 0.6) is 5.75 Å². The van der Waals surface area contributed by atoms with Crippen molar-refractivity contribution in [3.05, 3.63) is 76.8 Å². The Morgan fingerprint density at radius 2 is 1.71 bits per heavy atom. The number of thiazole rings is 1. The Kier molecular flexibility index (Phi) is 7.07. The third-order valence-corrected chi connectivity index (χ3v) is 5.86. The van der Waals surface area contributed by atoms with E-state index in [0.29, 0.717) is 5.13 Å². The van der Waals surface area contributed by atoms with E-state index in [-0.39, 0.29) is 24.1 Å². The molecule has 31 heavy (non-hydrogen) atoms. The first-order valence-corrected chi connectivity index (χ1v) is 10.9. The first-order valence-electron chi connectivity index (χ1n) is 9.99. The van der Waals surface area contributed by atoms with Crippen molar-refractivity contribution >= 4 is 28.3 Å². The Bertz CT molecular complexity index is 1030. The highest BCUT2D eigenvalue weighted by molar-refractivity contribution is 7.14. The molecule has 1 heterocycles. The number of amides is 1. The number of anilines is 1. The summed E-state index contributed by atoms with van der Waals surface area (Å²) < 4.78 is 10.3. The Labute approximate surface area is 186 Å². The topological polar surface area (TPSA) is 77.5 Å². The maximum absolute atomic E-state index is 13.4. The zero-order chi connectivity index (χ0) is 22.4. The van der Waals surface area contributed by atoms with Gasteiger partial charge < -0.3 is 14.8 Å². The third-order valence-electron chi connectivity index (χ3n) is 5.10. The van der Waals surface area contributed by atoms with E-state index in [9.17, 15) is 9.59 Å². The van der Waals surface area contributed by atoms with Gasteiger partial charge in [-0.3, -0.25) is 4.79 Å². The maximum atomic E-state index is 13.4. The number of benzene rings is 2. The van der Waals surface area contributed by atoms with Gasteiger partial charge in [-0.05, 0) is 30.2 Å². The van der Waals surface area contributed by atoms with Gasteiger partial charge in [0.2, 0.25) is 5.91 Å². The second kappa shape index (κ2) is 9.75. The number of carbonyl (C=O) groups excluding carboxylic acids is 2. The lowest BCUT2D eigenvalue weighted by Gasteiger charge is -2.33. The number of hydrogen-bond acceptors (Lipinski definition) is 6. The molecule has 0 spiro atoms. The van der Waals surface area contributed by atoms with E-state index in [1.165, 1.54) is 11.3 Å². The summed E-state index contributed by atoms with van der Waals surface area (Å²) in [7, 11) is 1.62. The summed E-state index contributed by atoms with van der Waals surface area (Å²) in [5.41, 5.74) is 1.40. The largest absolute Gasteiger partial charge is 0.497 e. The quantitative estimate of drug-likeness (QED) is 0.494. The number of aromatic nitrogens is 1. The molecule has 3 aromatic rings. The molecule has 6 nitrogen and oxygen atoms in total. The summed E-state index contributed by atoms with van der Waals surface area (Å²) in [5, 5.41) is 4.82. The van der Waals surface area contributed by atoms with Gasteiger partial charge in [0.05, 0.1) is 19.1 Å². The first-order chi connectivity index (χ1) is 14.9. The predicted octanol–water partition coefficient (Wildman–Crippen LogP) is 5.13. The van der Waals surface area contributed by atoms with Gasteiger partial charge in [-0.1, -0.05) is 56.3 Å². The molecule has 0 aliphatic heterocycles. The molecule has 1 unspecified atom stereocenters. The fourth-order valence-corrected chi connectivity index (χ4v) is 4.16. The third kappa shape index (κ3) is 5.11. The van der Waals surface area contributed by atoms with E-state index in [2.05, 4.69) is 10.3 Å². The lowest BCUT2D eigenvalue weighted by Crippen LogP contribution is -2.37. The Morgan fingerprint density at radius 3 is 2.32 bits per heavy atom. The molecule has 0 saturated carbocycles. The first kappa shape index (κ1) is 22.5. The van der Waals surface area contributed by atoms with E-state index in [4.69, 9.17) is 9.47 Å². The van der Waals surface area contributed by atoms with Crippen LogP contribution in [0.2, 0.25) is 0 Å². The molecule has 0 radical (unpaired) electrons. The highest BCUT2D eigenvalue weighted by atomic mass is 32.1. The molecule has 2 aromatic carbocycles. The Balaban J connectivity index is 1.90. The van der Waals surface area contributed by atoms with Crippen LogP contribution in [0.3, 0.4) is 0 Å². The van der Waals surface area contributed by atoms with Crippen molar-refractivity contribution in [3.8, 4) is 5.75 Å². The summed E-state index contributed by atoms with van der Waals surface area (Å²) in [6.07, 6.45) is 0. The van der Waals surface area contributed by atoms with E-state index < -0.39 is 11.4 Å². The molecule has 1 atom stereocenters. The zero-order valence-electron chi connectivity index (χ0n) is 18.0. The van der Waals surface area contributed by atoms with E-state index >= 15 is 0 Å². The van der Waals surface area contributed by atoms with Crippen LogP contribution >= 0.6 is 11.3 Å². The summed E-state index contributed by atoms with van der Waals surface area (Å²) in [6, 6.07) is 17.7. The van der Waals surface area contributed by atoms with Crippen molar-refractivity contribution in [2.24, 2.45) is 5.41 Å². The fraction of sp³-hybridized carbons (Fsp3) is 0.292. The van der Waals surface area contributed by atoms with E-state index in [0.717, 1.165) is 16.9 Å². The number of nitrogens with zero attached hydrogens (tertiary/aromatic N) is 1. The molecule has 0 saturated heterocycles. The number of ether oxygens (including phenoxy) is 2. The lowest BCUT2D eigenvalue weighted by atomic mass is 9.70. The van der Waals surface area contributed by atoms with Crippen LogP contribution < -0.4 is 10.1 Å². The molecule has 0 aliphatic rings. The minimum absolute atomic E-state index is 0.190. The van der Waals surface area contributed by atoms with Gasteiger partial charge in [0.15, 0.2) is 10.8 Å². The van der Waals surface area contributed by atoms with Gasteiger partial charge in [-0.25, -0.2) is 9.78 Å². The minimum atomic E-state index is -0.814. The molecule has 0 fully saturated rings. The summed E-state index contributed by atoms with van der Waals surface area (Å²) >= 11 is 1.20. The van der Waals surface area contributed by atoms with Gasteiger partial charge in [0.25, 0.3) is 0 Å². The van der Waals surface area contributed by atoms with Crippen molar-refractivity contribution in [2.75, 3.05) is 19.0 Å². The summed E-state index contributed by atoms with van der Waals surface area (Å²) in [4.78, 5) is 29.4. The molecule has 162 valence electrons. The molecule has 1 N–H and O–H groups in total. The SMILES string of the molecule is CCOC(=O)c1csc(NC(=O)C(C)(C)C(c2ccccc2)c2ccc(OC)cc2)n1. The van der Waals surface area contributed by atoms with Crippen LogP contribution in [0.4, 0.5) is 5.13 Å². The van der Waals surface area contributed by atoms with Crippen LogP contribution in [0.1, 0.15) is 48.3 Å². The van der Waals surface area contributed by atoms with Gasteiger partial charge in [-0.2, -0.15) is 0 Å². The fourth-order valence-electron chi connectivity index (χ4n) is 3.49. The van der Waals surface area contributed by atoms with Crippen molar-refractivity contribution < 1.29 is 19.1 Å². The number of carbonyl (C=O) groups is 2. The molecule has 0 aliphatic carbocycles. The normalized spacial score (nSPS) is 12.1. The molecule has 7 heteroatoms. The molecule has 1 amide bonds. The standard InChI is InChI=1S/C24H26N2O4S/c1-5-30-21(27)19-15-31-23(25-19)26-22(28)24(2,3)20(16-9-7-6-8-10-16)17-11-13-18(29-4)14-12-17/h6-15,20H,5H2,1-4H3,(H,25,26,28). The van der Waals surface area contributed by atoms with Gasteiger partial charge in [-0.15, -0.1) is 11.3 Å². The Morgan fingerprint density at radius 1 is 1.06 bits per heavy atom. The molecule has 3 rings (SSSR count). The molecule has 0 bridgehead atoms. The number of esters is 1. The average molecular weight is 439 g/mol. The summed E-state index contributed by atoms with van der Waals surface area (Å²) in [6.45, 7) is 5.82. The smallest absolute Gasteiger partial charge is 0.357 e. The zero-order valence-corrected chi connectivity index (χ0v) is 18.9. The van der Waals surface area contributed by atoms with Crippen molar-refractivity contribution in [1.82, 2.24) is 4.98 Å². The minimum Gasteiger partial charge on any atom is -0.497 e. The van der Waals surface area contributed by atoms with Crippen LogP contribution in [-0.2, 0) is 9.53 Å². The van der Waals surface area contributed by atoms with E-state index in [1.807, 2.05) is 68.4 Å². The van der Waals surface area contributed by atoms with Crippen LogP contribution in [0.15, 0.2) is 60.0 Å². The van der Waals surface area contributed by atoms with Crippen LogP contribution in [-0.4, -0.2) is 30.6 Å². The number of rotatable bonds is 8. The highest BCUT2D eigenvalue weighted by Gasteiger charge is 2.39. The number of methoxy groups -OCH3 is 1. The van der Waals surface area contributed by atoms with Crippen molar-refractivity contribution in [3.63, 3.8) is 0 Å². The van der Waals surface area contributed by atoms with Crippen molar-refractivity contribution in [2.45, 2.75) is 26.7 Å². The van der Waals surface area contributed by atoms with Gasteiger partial charge >= 0.3 is 5.97 Å². The maximum Gasteiger partial charge on any atom is 0.357 e. The second-order valence-electron chi connectivity index (χ2n) is 7.55.